The van der Waals surface area contributed by atoms with Gasteiger partial charge in [0.05, 0.1) is 17.3 Å². The zero-order chi connectivity index (χ0) is 25.3. The summed E-state index contributed by atoms with van der Waals surface area (Å²) < 4.78 is 60.1. The van der Waals surface area contributed by atoms with Crippen molar-refractivity contribution >= 4 is 23.4 Å². The predicted molar refractivity (Wildman–Crippen MR) is 118 cm³/mol. The smallest absolute Gasteiger partial charge is 0.484 e. The van der Waals surface area contributed by atoms with E-state index in [-0.39, 0.29) is 42.2 Å². The molecule has 2 atom stereocenters. The minimum atomic E-state index is -4.67. The molecular weight excluding hydrogens is 494 g/mol. The number of fused-ring (bicyclic) bond motifs is 3. The van der Waals surface area contributed by atoms with Crippen molar-refractivity contribution in [1.82, 2.24) is 16.0 Å². The first-order valence-corrected chi connectivity index (χ1v) is 12.0. The molecule has 3 N–H and O–H groups in total. The highest BCUT2D eigenvalue weighted by atomic mass is 35.5. The van der Waals surface area contributed by atoms with Gasteiger partial charge in [-0.2, -0.15) is 0 Å². The highest BCUT2D eigenvalue weighted by molar-refractivity contribution is 6.30. The molecule has 3 aliphatic carbocycles. The highest BCUT2D eigenvalue weighted by Gasteiger charge is 2.53. The van der Waals surface area contributed by atoms with Crippen LogP contribution in [-0.2, 0) is 14.3 Å². The summed E-state index contributed by atoms with van der Waals surface area (Å²) in [5, 5.41) is 8.89. The van der Waals surface area contributed by atoms with Gasteiger partial charge in [-0.3, -0.25) is 19.6 Å². The summed E-state index contributed by atoms with van der Waals surface area (Å²) in [6.07, 6.45) is -1.74. The lowest BCUT2D eigenvalue weighted by Gasteiger charge is -2.53. The van der Waals surface area contributed by atoms with E-state index >= 15 is 0 Å². The van der Waals surface area contributed by atoms with E-state index < -0.39 is 35.4 Å². The molecule has 1 aromatic rings. The third kappa shape index (κ3) is 6.37. The molecule has 7 nitrogen and oxygen atoms in total. The van der Waals surface area contributed by atoms with Crippen LogP contribution in [0.2, 0.25) is 5.02 Å². The summed E-state index contributed by atoms with van der Waals surface area (Å²) in [5.41, 5.74) is -0.941. The number of carbonyl (C=O) groups is 2. The van der Waals surface area contributed by atoms with Crippen LogP contribution in [0.1, 0.15) is 51.4 Å². The normalized spacial score (nSPS) is 30.5. The van der Waals surface area contributed by atoms with Crippen molar-refractivity contribution in [3.05, 3.63) is 29.0 Å². The molecule has 0 spiro atoms. The number of piperidine rings is 1. The maximum Gasteiger partial charge on any atom is 0.522 e. The highest BCUT2D eigenvalue weighted by Crippen LogP contribution is 2.52. The Morgan fingerprint density at radius 2 is 1.80 bits per heavy atom. The van der Waals surface area contributed by atoms with Crippen LogP contribution in [0.25, 0.3) is 0 Å². The minimum Gasteiger partial charge on any atom is -0.484 e. The SMILES string of the molecule is O=C(COc1ccc(Cl)c(F)c1)NC12CCC(C(=O)NC3CCC(OC(F)(F)F)CN3)(CC1)CC2. The van der Waals surface area contributed by atoms with Crippen LogP contribution in [0.5, 0.6) is 5.75 Å². The van der Waals surface area contributed by atoms with Crippen LogP contribution in [-0.4, -0.2) is 49.1 Å². The molecule has 1 aromatic carbocycles. The van der Waals surface area contributed by atoms with Crippen molar-refractivity contribution in [2.75, 3.05) is 13.2 Å². The quantitative estimate of drug-likeness (QED) is 0.475. The van der Waals surface area contributed by atoms with Crippen molar-refractivity contribution in [3.8, 4) is 5.75 Å². The molecule has 35 heavy (non-hydrogen) atoms. The second-order valence-electron chi connectivity index (χ2n) is 9.67. The molecule has 2 bridgehead atoms. The third-order valence-corrected chi connectivity index (χ3v) is 7.67. The average Bonchev–Trinajstić information content (AvgIpc) is 2.81. The molecule has 12 heteroatoms. The summed E-state index contributed by atoms with van der Waals surface area (Å²) in [6, 6.07) is 3.95. The van der Waals surface area contributed by atoms with Gasteiger partial charge in [-0.1, -0.05) is 11.6 Å². The lowest BCUT2D eigenvalue weighted by Crippen LogP contribution is -2.62. The van der Waals surface area contributed by atoms with Crippen molar-refractivity contribution in [2.45, 2.75) is 75.5 Å². The van der Waals surface area contributed by atoms with Crippen LogP contribution < -0.4 is 20.7 Å². The molecule has 0 radical (unpaired) electrons. The van der Waals surface area contributed by atoms with E-state index in [9.17, 15) is 27.2 Å². The molecule has 0 aromatic heterocycles. The third-order valence-electron chi connectivity index (χ3n) is 7.37. The molecule has 2 amide bonds. The Balaban J connectivity index is 1.22. The topological polar surface area (TPSA) is 88.7 Å². The summed E-state index contributed by atoms with van der Waals surface area (Å²) in [5.74, 6) is -0.843. The van der Waals surface area contributed by atoms with E-state index in [2.05, 4.69) is 20.7 Å². The number of hydrogen-bond acceptors (Lipinski definition) is 5. The number of hydrogen-bond donors (Lipinski definition) is 3. The van der Waals surface area contributed by atoms with Gasteiger partial charge < -0.3 is 15.4 Å². The van der Waals surface area contributed by atoms with Crippen molar-refractivity contribution in [2.24, 2.45) is 5.41 Å². The van der Waals surface area contributed by atoms with E-state index in [1.165, 1.54) is 12.1 Å². The lowest BCUT2D eigenvalue weighted by atomic mass is 9.57. The number of benzene rings is 1. The van der Waals surface area contributed by atoms with Gasteiger partial charge in [0.15, 0.2) is 6.61 Å². The number of ether oxygens (including phenoxy) is 2. The van der Waals surface area contributed by atoms with E-state index in [4.69, 9.17) is 16.3 Å². The maximum absolute atomic E-state index is 13.5. The molecule has 2 unspecified atom stereocenters. The fourth-order valence-corrected chi connectivity index (χ4v) is 5.43. The zero-order valence-corrected chi connectivity index (χ0v) is 19.7. The van der Waals surface area contributed by atoms with Gasteiger partial charge in [-0.25, -0.2) is 4.39 Å². The van der Waals surface area contributed by atoms with E-state index in [1.807, 2.05) is 0 Å². The van der Waals surface area contributed by atoms with Gasteiger partial charge in [0.25, 0.3) is 5.91 Å². The average molecular weight is 522 g/mol. The molecule has 4 aliphatic rings. The predicted octanol–water partition coefficient (Wildman–Crippen LogP) is 3.80. The molecule has 1 aliphatic heterocycles. The number of nitrogens with one attached hydrogen (secondary N) is 3. The molecule has 5 rings (SSSR count). The van der Waals surface area contributed by atoms with Gasteiger partial charge >= 0.3 is 6.36 Å². The first-order valence-electron chi connectivity index (χ1n) is 11.7. The van der Waals surface area contributed by atoms with Gasteiger partial charge in [0, 0.05) is 23.6 Å². The van der Waals surface area contributed by atoms with Crippen molar-refractivity contribution < 1.29 is 36.6 Å². The maximum atomic E-state index is 13.5. The van der Waals surface area contributed by atoms with Crippen LogP contribution >= 0.6 is 11.6 Å². The Morgan fingerprint density at radius 1 is 1.11 bits per heavy atom. The summed E-state index contributed by atoms with van der Waals surface area (Å²) >= 11 is 5.64. The fourth-order valence-electron chi connectivity index (χ4n) is 5.32. The summed E-state index contributed by atoms with van der Waals surface area (Å²) in [6.45, 7) is -0.252. The van der Waals surface area contributed by atoms with Gasteiger partial charge in [-0.05, 0) is 63.5 Å². The van der Waals surface area contributed by atoms with E-state index in [1.54, 1.807) is 0 Å². The number of halogens is 5. The van der Waals surface area contributed by atoms with Crippen LogP contribution in [0.3, 0.4) is 0 Å². The minimum absolute atomic E-state index is 0.0112. The van der Waals surface area contributed by atoms with Crippen LogP contribution in [0.4, 0.5) is 17.6 Å². The number of rotatable bonds is 7. The fraction of sp³-hybridized carbons (Fsp3) is 0.652. The Bertz CT molecular complexity index is 929. The lowest BCUT2D eigenvalue weighted by molar-refractivity contribution is -0.344. The number of alkyl halides is 3. The number of carbonyl (C=O) groups excluding carboxylic acids is 2. The summed E-state index contributed by atoms with van der Waals surface area (Å²) in [7, 11) is 0. The van der Waals surface area contributed by atoms with Gasteiger partial charge in [-0.15, -0.1) is 13.2 Å². The standard InChI is InChI=1S/C23H28ClF4N3O4/c24-16-3-1-14(11-17(16)25)34-13-19(32)31-22-8-5-21(6-9-22,7-10-22)20(33)30-18-4-2-15(12-29-18)35-23(26,27)28/h1,3,11,15,18,29H,2,4-10,12-13H2,(H,30,33)(H,31,32). The Labute approximate surface area is 205 Å². The van der Waals surface area contributed by atoms with Crippen molar-refractivity contribution in [1.29, 1.82) is 0 Å². The number of amides is 2. The van der Waals surface area contributed by atoms with Crippen molar-refractivity contribution in [3.63, 3.8) is 0 Å². The molecular formula is C23H28ClF4N3O4. The monoisotopic (exact) mass is 521 g/mol. The molecule has 1 saturated heterocycles. The van der Waals surface area contributed by atoms with Crippen LogP contribution in [0.15, 0.2) is 18.2 Å². The first kappa shape index (κ1) is 26.0. The Kier molecular flexibility index (Phi) is 7.49. The van der Waals surface area contributed by atoms with E-state index in [0.29, 0.717) is 44.9 Å². The summed E-state index contributed by atoms with van der Waals surface area (Å²) in [4.78, 5) is 25.6. The Hall–Kier alpha value is -2.11. The largest absolute Gasteiger partial charge is 0.522 e. The molecule has 194 valence electrons. The van der Waals surface area contributed by atoms with Crippen LogP contribution in [0, 0.1) is 11.2 Å². The van der Waals surface area contributed by atoms with E-state index in [0.717, 1.165) is 6.07 Å². The zero-order valence-electron chi connectivity index (χ0n) is 19.0. The first-order chi connectivity index (χ1) is 16.5. The molecule has 1 heterocycles. The second-order valence-corrected chi connectivity index (χ2v) is 10.1. The Morgan fingerprint density at radius 3 is 2.37 bits per heavy atom. The molecule has 4 fully saturated rings. The van der Waals surface area contributed by atoms with Gasteiger partial charge in [0.2, 0.25) is 5.91 Å². The van der Waals surface area contributed by atoms with Gasteiger partial charge in [0.1, 0.15) is 11.6 Å². The molecule has 3 saturated carbocycles. The second kappa shape index (κ2) is 10.1.